The van der Waals surface area contributed by atoms with Crippen LogP contribution in [0.1, 0.15) is 24.1 Å². The van der Waals surface area contributed by atoms with Crippen LogP contribution in [0.15, 0.2) is 40.9 Å². The molecule has 0 aliphatic carbocycles. The van der Waals surface area contributed by atoms with Crippen LogP contribution >= 0.6 is 23.4 Å². The number of aliphatic hydroxyl groups is 1. The van der Waals surface area contributed by atoms with Gasteiger partial charge in [-0.25, -0.2) is 17.9 Å². The number of allylic oxidation sites excluding steroid dienone is 1. The average Bonchev–Trinajstić information content (AvgIpc) is 3.37. The third kappa shape index (κ3) is 3.88. The second-order valence-corrected chi connectivity index (χ2v) is 10.4. The fourth-order valence-corrected chi connectivity index (χ4v) is 6.72. The molecule has 0 amide bonds. The highest BCUT2D eigenvalue weighted by Crippen LogP contribution is 2.56. The Morgan fingerprint density at radius 1 is 1.25 bits per heavy atom. The van der Waals surface area contributed by atoms with E-state index in [1.54, 1.807) is 24.4 Å². The van der Waals surface area contributed by atoms with Gasteiger partial charge in [0.25, 0.3) is 5.92 Å². The number of hydrogen-bond acceptors (Lipinski definition) is 5. The summed E-state index contributed by atoms with van der Waals surface area (Å²) in [4.78, 5) is 2.19. The van der Waals surface area contributed by atoms with E-state index in [4.69, 9.17) is 16.3 Å². The number of nitrogens with zero attached hydrogens (tertiary/aromatic N) is 3. The van der Waals surface area contributed by atoms with Gasteiger partial charge in [-0.3, -0.25) is 4.90 Å². The van der Waals surface area contributed by atoms with Crippen LogP contribution in [0.25, 0.3) is 5.69 Å². The number of rotatable bonds is 4. The number of hydrogen-bond donors (Lipinski definition) is 1. The molecule has 0 bridgehead atoms. The molecule has 2 aromatic rings. The molecule has 10 heteroatoms. The minimum absolute atomic E-state index is 0.253. The van der Waals surface area contributed by atoms with E-state index in [1.807, 2.05) is 0 Å². The third-order valence-corrected chi connectivity index (χ3v) is 8.39. The first kappa shape index (κ1) is 22.3. The van der Waals surface area contributed by atoms with Gasteiger partial charge < -0.3 is 9.84 Å². The predicted octanol–water partition coefficient (Wildman–Crippen LogP) is 4.32. The number of piperidine rings is 1. The summed E-state index contributed by atoms with van der Waals surface area (Å²) in [6.45, 7) is 0.999. The second-order valence-electron chi connectivity index (χ2n) is 8.58. The summed E-state index contributed by atoms with van der Waals surface area (Å²) < 4.78 is 50.6. The molecule has 1 aromatic carbocycles. The van der Waals surface area contributed by atoms with Crippen LogP contribution in [0.2, 0.25) is 0 Å². The molecule has 2 saturated heterocycles. The first-order valence-electron chi connectivity index (χ1n) is 10.5. The lowest BCUT2D eigenvalue weighted by Gasteiger charge is -2.51. The number of aliphatic hydroxyl groups excluding tert-OH is 1. The van der Waals surface area contributed by atoms with Gasteiger partial charge in [0, 0.05) is 31.4 Å². The molecule has 1 spiro atoms. The number of likely N-dealkylation sites (tertiary alicyclic amines) is 1. The zero-order valence-corrected chi connectivity index (χ0v) is 18.8. The van der Waals surface area contributed by atoms with Crippen LogP contribution in [0.5, 0.6) is 0 Å². The molecule has 1 N–H and O–H groups in total. The summed E-state index contributed by atoms with van der Waals surface area (Å²) in [5.74, 6) is -4.21. The number of ether oxygens (including phenoxy) is 1. The van der Waals surface area contributed by atoms with Crippen molar-refractivity contribution in [3.8, 4) is 5.69 Å². The largest absolute Gasteiger partial charge is 0.390 e. The van der Waals surface area contributed by atoms with Gasteiger partial charge in [-0.05, 0) is 31.1 Å². The standard InChI is InChI=1S/C22H23ClF3N3O2S/c23-19-9-15-20(32-19)21(31-13-22(15,25)26)5-7-28(8-6-21)10-14-11-29(27-17(14)12-30)18-4-2-1-3-16(18)24/h1-4,9,11,15,20,30H,5-8,10,12-13H2. The van der Waals surface area contributed by atoms with Gasteiger partial charge >= 0.3 is 0 Å². The van der Waals surface area contributed by atoms with E-state index in [2.05, 4.69) is 10.00 Å². The normalized spacial score (nSPS) is 26.8. The summed E-state index contributed by atoms with van der Waals surface area (Å²) in [7, 11) is 0. The number of benzene rings is 1. The molecular weight excluding hydrogens is 463 g/mol. The van der Waals surface area contributed by atoms with Crippen molar-refractivity contribution < 1.29 is 23.0 Å². The lowest BCUT2D eigenvalue weighted by atomic mass is 9.77. The Kier molecular flexibility index (Phi) is 5.82. The molecule has 4 heterocycles. The first-order chi connectivity index (χ1) is 15.3. The van der Waals surface area contributed by atoms with E-state index in [0.717, 1.165) is 5.56 Å². The van der Waals surface area contributed by atoms with E-state index in [0.29, 0.717) is 48.2 Å². The van der Waals surface area contributed by atoms with Gasteiger partial charge in [0.2, 0.25) is 0 Å². The maximum atomic E-state index is 14.4. The van der Waals surface area contributed by atoms with Crippen LogP contribution in [0.4, 0.5) is 13.2 Å². The number of para-hydroxylation sites is 1. The highest BCUT2D eigenvalue weighted by atomic mass is 35.5. The molecule has 172 valence electrons. The van der Waals surface area contributed by atoms with Crippen LogP contribution in [-0.4, -0.2) is 56.3 Å². The third-order valence-electron chi connectivity index (χ3n) is 6.66. The summed E-state index contributed by atoms with van der Waals surface area (Å²) in [6, 6.07) is 6.33. The quantitative estimate of drug-likeness (QED) is 0.699. The lowest BCUT2D eigenvalue weighted by molar-refractivity contribution is -0.215. The number of halogens is 4. The zero-order chi connectivity index (χ0) is 22.5. The van der Waals surface area contributed by atoms with E-state index in [9.17, 15) is 18.3 Å². The number of aromatic nitrogens is 2. The number of fused-ring (bicyclic) bond motifs is 2. The molecule has 2 fully saturated rings. The predicted molar refractivity (Wildman–Crippen MR) is 116 cm³/mol. The second kappa shape index (κ2) is 8.36. The molecule has 2 unspecified atom stereocenters. The molecule has 0 radical (unpaired) electrons. The molecule has 1 aromatic heterocycles. The smallest absolute Gasteiger partial charge is 0.278 e. The van der Waals surface area contributed by atoms with Crippen LogP contribution in [0, 0.1) is 11.7 Å². The van der Waals surface area contributed by atoms with Crippen molar-refractivity contribution in [1.29, 1.82) is 0 Å². The molecule has 3 aliphatic heterocycles. The molecule has 0 saturated carbocycles. The van der Waals surface area contributed by atoms with Gasteiger partial charge in [0.15, 0.2) is 0 Å². The Morgan fingerprint density at radius 2 is 2.00 bits per heavy atom. The summed E-state index contributed by atoms with van der Waals surface area (Å²) in [5, 5.41) is 13.7. The highest BCUT2D eigenvalue weighted by molar-refractivity contribution is 8.05. The maximum absolute atomic E-state index is 14.4. The lowest BCUT2D eigenvalue weighted by Crippen LogP contribution is -2.61. The minimum Gasteiger partial charge on any atom is -0.390 e. The van der Waals surface area contributed by atoms with Crippen molar-refractivity contribution in [2.75, 3.05) is 19.7 Å². The maximum Gasteiger partial charge on any atom is 0.278 e. The van der Waals surface area contributed by atoms with Gasteiger partial charge in [-0.2, -0.15) is 5.10 Å². The Balaban J connectivity index is 1.29. The van der Waals surface area contributed by atoms with Gasteiger partial charge in [-0.15, -0.1) is 11.8 Å². The Bertz CT molecular complexity index is 1040. The van der Waals surface area contributed by atoms with Crippen molar-refractivity contribution in [3.63, 3.8) is 0 Å². The fraction of sp³-hybridized carbons (Fsp3) is 0.500. The molecule has 32 heavy (non-hydrogen) atoms. The van der Waals surface area contributed by atoms with Crippen molar-refractivity contribution in [2.45, 2.75) is 42.8 Å². The van der Waals surface area contributed by atoms with Crippen LogP contribution in [0.3, 0.4) is 0 Å². The monoisotopic (exact) mass is 485 g/mol. The van der Waals surface area contributed by atoms with E-state index in [1.165, 1.54) is 28.6 Å². The molecular formula is C22H23ClF3N3O2S. The minimum atomic E-state index is -2.91. The summed E-state index contributed by atoms with van der Waals surface area (Å²) in [6.07, 6.45) is 4.45. The van der Waals surface area contributed by atoms with Crippen LogP contribution < -0.4 is 0 Å². The summed E-state index contributed by atoms with van der Waals surface area (Å²) >= 11 is 7.41. The zero-order valence-electron chi connectivity index (χ0n) is 17.2. The summed E-state index contributed by atoms with van der Waals surface area (Å²) in [5.41, 5.74) is 0.985. The molecule has 5 nitrogen and oxygen atoms in total. The van der Waals surface area contributed by atoms with Gasteiger partial charge in [0.1, 0.15) is 18.1 Å². The SMILES string of the molecule is OCc1nn(-c2ccccc2F)cc1CN1CCC2(CC1)OCC(F)(F)C1C=C(Cl)SC12. The number of alkyl halides is 2. The molecule has 3 aliphatic rings. The van der Waals surface area contributed by atoms with Gasteiger partial charge in [0.05, 0.1) is 33.4 Å². The molecule has 5 rings (SSSR count). The van der Waals surface area contributed by atoms with Crippen molar-refractivity contribution in [3.05, 3.63) is 58.0 Å². The van der Waals surface area contributed by atoms with Crippen molar-refractivity contribution in [1.82, 2.24) is 14.7 Å². The fourth-order valence-electron chi connectivity index (χ4n) is 4.89. The van der Waals surface area contributed by atoms with E-state index < -0.39 is 35.1 Å². The topological polar surface area (TPSA) is 50.5 Å². The van der Waals surface area contributed by atoms with E-state index in [-0.39, 0.29) is 6.61 Å². The van der Waals surface area contributed by atoms with Crippen molar-refractivity contribution >= 4 is 23.4 Å². The van der Waals surface area contributed by atoms with E-state index >= 15 is 0 Å². The Labute approximate surface area is 193 Å². The van der Waals surface area contributed by atoms with Gasteiger partial charge in [-0.1, -0.05) is 23.7 Å². The number of thioether (sulfide) groups is 1. The van der Waals surface area contributed by atoms with Crippen LogP contribution in [-0.2, 0) is 17.9 Å². The molecule has 2 atom stereocenters. The van der Waals surface area contributed by atoms with Crippen molar-refractivity contribution in [2.24, 2.45) is 5.92 Å². The Morgan fingerprint density at radius 3 is 2.72 bits per heavy atom. The highest BCUT2D eigenvalue weighted by Gasteiger charge is 2.60. The first-order valence-corrected chi connectivity index (χ1v) is 11.8. The average molecular weight is 486 g/mol. The Hall–Kier alpha value is -1.52.